The molecule has 0 spiro atoms. The molecule has 0 aliphatic carbocycles. The van der Waals surface area contributed by atoms with Gasteiger partial charge >= 0.3 is 0 Å². The van der Waals surface area contributed by atoms with Crippen molar-refractivity contribution in [2.24, 2.45) is 7.05 Å². The van der Waals surface area contributed by atoms with Crippen molar-refractivity contribution in [2.45, 2.75) is 32.4 Å². The van der Waals surface area contributed by atoms with Gasteiger partial charge in [-0.25, -0.2) is 9.97 Å². The summed E-state index contributed by atoms with van der Waals surface area (Å²) in [7, 11) is 1.91. The zero-order valence-corrected chi connectivity index (χ0v) is 12.0. The summed E-state index contributed by atoms with van der Waals surface area (Å²) >= 11 is 0. The lowest BCUT2D eigenvalue weighted by atomic mass is 10.1. The van der Waals surface area contributed by atoms with Crippen LogP contribution in [0.4, 0.5) is 5.82 Å². The van der Waals surface area contributed by atoms with E-state index in [9.17, 15) is 0 Å². The average molecular weight is 273 g/mol. The normalized spacial score (nSPS) is 22.1. The predicted octanol–water partition coefficient (Wildman–Crippen LogP) is 1.77. The van der Waals surface area contributed by atoms with Gasteiger partial charge in [-0.1, -0.05) is 0 Å². The first-order valence-corrected chi connectivity index (χ1v) is 6.81. The van der Waals surface area contributed by atoms with Gasteiger partial charge in [-0.05, 0) is 20.3 Å². The van der Waals surface area contributed by atoms with Crippen LogP contribution in [0.25, 0.3) is 0 Å². The standard InChI is InChI=1S/C14H19N5O/c1-9-6-13(17-10(2)16-9)18-12-4-5-20-14(12)11-7-15-19(3)8-11/h6-8,12,14H,4-5H2,1-3H3,(H,16,17,18)/t12-,14+/m0/s1. The maximum atomic E-state index is 5.84. The topological polar surface area (TPSA) is 64.9 Å². The summed E-state index contributed by atoms with van der Waals surface area (Å²) in [5.74, 6) is 1.64. The van der Waals surface area contributed by atoms with Crippen LogP contribution < -0.4 is 5.32 Å². The third-order valence-corrected chi connectivity index (χ3v) is 3.44. The molecule has 1 aliphatic rings. The number of hydrogen-bond acceptors (Lipinski definition) is 5. The monoisotopic (exact) mass is 273 g/mol. The molecule has 1 aliphatic heterocycles. The largest absolute Gasteiger partial charge is 0.371 e. The van der Waals surface area contributed by atoms with E-state index in [2.05, 4.69) is 20.4 Å². The van der Waals surface area contributed by atoms with Crippen LogP contribution in [0.15, 0.2) is 18.5 Å². The molecule has 106 valence electrons. The second-order valence-electron chi connectivity index (χ2n) is 5.22. The maximum Gasteiger partial charge on any atom is 0.130 e. The van der Waals surface area contributed by atoms with E-state index in [-0.39, 0.29) is 12.1 Å². The van der Waals surface area contributed by atoms with Gasteiger partial charge in [0.15, 0.2) is 0 Å². The van der Waals surface area contributed by atoms with Crippen LogP contribution in [0, 0.1) is 13.8 Å². The Kier molecular flexibility index (Phi) is 3.40. The van der Waals surface area contributed by atoms with Crippen molar-refractivity contribution in [1.82, 2.24) is 19.7 Å². The van der Waals surface area contributed by atoms with Gasteiger partial charge in [0.1, 0.15) is 17.7 Å². The minimum absolute atomic E-state index is 0.0271. The van der Waals surface area contributed by atoms with E-state index in [1.165, 1.54) is 0 Å². The fourth-order valence-corrected chi connectivity index (χ4v) is 2.63. The molecule has 0 bridgehead atoms. The van der Waals surface area contributed by atoms with Gasteiger partial charge in [0.05, 0.1) is 12.2 Å². The van der Waals surface area contributed by atoms with E-state index in [0.29, 0.717) is 0 Å². The summed E-state index contributed by atoms with van der Waals surface area (Å²) in [4.78, 5) is 8.73. The van der Waals surface area contributed by atoms with Crippen LogP contribution in [0.5, 0.6) is 0 Å². The Morgan fingerprint density at radius 1 is 1.35 bits per heavy atom. The number of rotatable bonds is 3. The number of nitrogens with one attached hydrogen (secondary N) is 1. The Labute approximate surface area is 118 Å². The highest BCUT2D eigenvalue weighted by Crippen LogP contribution is 2.30. The molecule has 0 saturated carbocycles. The van der Waals surface area contributed by atoms with Crippen molar-refractivity contribution in [2.75, 3.05) is 11.9 Å². The summed E-state index contributed by atoms with van der Waals surface area (Å²) in [6, 6.07) is 2.18. The van der Waals surface area contributed by atoms with Gasteiger partial charge < -0.3 is 10.1 Å². The Hall–Kier alpha value is -1.95. The molecule has 6 nitrogen and oxygen atoms in total. The first kappa shape index (κ1) is 13.1. The molecule has 2 aromatic rings. The fraction of sp³-hybridized carbons (Fsp3) is 0.500. The molecule has 1 fully saturated rings. The lowest BCUT2D eigenvalue weighted by Gasteiger charge is -2.19. The van der Waals surface area contributed by atoms with Gasteiger partial charge in [0.2, 0.25) is 0 Å². The summed E-state index contributed by atoms with van der Waals surface area (Å²) in [5, 5.41) is 7.68. The molecule has 0 unspecified atom stereocenters. The van der Waals surface area contributed by atoms with E-state index >= 15 is 0 Å². The van der Waals surface area contributed by atoms with Crippen molar-refractivity contribution in [3.63, 3.8) is 0 Å². The zero-order valence-electron chi connectivity index (χ0n) is 12.0. The number of anilines is 1. The van der Waals surface area contributed by atoms with Crippen LogP contribution in [0.1, 0.15) is 29.6 Å². The molecule has 1 N–H and O–H groups in total. The zero-order chi connectivity index (χ0) is 14.1. The summed E-state index contributed by atoms with van der Waals surface area (Å²) < 4.78 is 7.64. The lowest BCUT2D eigenvalue weighted by Crippen LogP contribution is -2.23. The molecule has 20 heavy (non-hydrogen) atoms. The van der Waals surface area contributed by atoms with Gasteiger partial charge in [0, 0.05) is 37.2 Å². The molecule has 2 atom stereocenters. The fourth-order valence-electron chi connectivity index (χ4n) is 2.63. The number of nitrogens with zero attached hydrogens (tertiary/aromatic N) is 4. The van der Waals surface area contributed by atoms with Gasteiger partial charge in [0.25, 0.3) is 0 Å². The van der Waals surface area contributed by atoms with Gasteiger partial charge in [-0.3, -0.25) is 4.68 Å². The molecule has 2 aromatic heterocycles. The van der Waals surface area contributed by atoms with E-state index in [1.54, 1.807) is 4.68 Å². The highest BCUT2D eigenvalue weighted by atomic mass is 16.5. The molecule has 0 amide bonds. The Morgan fingerprint density at radius 3 is 2.90 bits per heavy atom. The highest BCUT2D eigenvalue weighted by molar-refractivity contribution is 5.38. The summed E-state index contributed by atoms with van der Waals surface area (Å²) in [6.45, 7) is 4.63. The molecule has 0 aromatic carbocycles. The Bertz CT molecular complexity index is 589. The van der Waals surface area contributed by atoms with Crippen molar-refractivity contribution in [1.29, 1.82) is 0 Å². The Balaban J connectivity index is 1.79. The molecular formula is C14H19N5O. The number of ether oxygens (including phenoxy) is 1. The number of aryl methyl sites for hydroxylation is 3. The SMILES string of the molecule is Cc1cc(N[C@H]2CCO[C@@H]2c2cnn(C)c2)nc(C)n1. The highest BCUT2D eigenvalue weighted by Gasteiger charge is 2.30. The van der Waals surface area contributed by atoms with Gasteiger partial charge in [-0.2, -0.15) is 5.10 Å². The van der Waals surface area contributed by atoms with Crippen molar-refractivity contribution < 1.29 is 4.74 Å². The summed E-state index contributed by atoms with van der Waals surface area (Å²) in [5.41, 5.74) is 2.07. The van der Waals surface area contributed by atoms with Crippen LogP contribution >= 0.6 is 0 Å². The van der Waals surface area contributed by atoms with Crippen LogP contribution in [0.3, 0.4) is 0 Å². The summed E-state index contributed by atoms with van der Waals surface area (Å²) in [6.07, 6.45) is 4.85. The Morgan fingerprint density at radius 2 is 2.20 bits per heavy atom. The van der Waals surface area contributed by atoms with E-state index in [0.717, 1.165) is 35.9 Å². The minimum atomic E-state index is 0.0271. The number of hydrogen-bond donors (Lipinski definition) is 1. The van der Waals surface area contributed by atoms with Crippen molar-refractivity contribution in [3.8, 4) is 0 Å². The molecule has 1 saturated heterocycles. The molecular weight excluding hydrogens is 254 g/mol. The maximum absolute atomic E-state index is 5.84. The van der Waals surface area contributed by atoms with Crippen LogP contribution in [0.2, 0.25) is 0 Å². The average Bonchev–Trinajstić information content (AvgIpc) is 2.96. The smallest absolute Gasteiger partial charge is 0.130 e. The van der Waals surface area contributed by atoms with E-state index < -0.39 is 0 Å². The third-order valence-electron chi connectivity index (χ3n) is 3.44. The molecule has 0 radical (unpaired) electrons. The first-order chi connectivity index (χ1) is 9.61. The molecule has 6 heteroatoms. The van der Waals surface area contributed by atoms with Crippen LogP contribution in [-0.2, 0) is 11.8 Å². The third kappa shape index (κ3) is 2.65. The predicted molar refractivity (Wildman–Crippen MR) is 75.4 cm³/mol. The number of aromatic nitrogens is 4. The second kappa shape index (κ2) is 5.20. The van der Waals surface area contributed by atoms with Gasteiger partial charge in [-0.15, -0.1) is 0 Å². The quantitative estimate of drug-likeness (QED) is 0.923. The molecule has 3 heterocycles. The van der Waals surface area contributed by atoms with E-state index in [1.807, 2.05) is 39.4 Å². The molecule has 3 rings (SSSR count). The van der Waals surface area contributed by atoms with E-state index in [4.69, 9.17) is 4.74 Å². The first-order valence-electron chi connectivity index (χ1n) is 6.81. The van der Waals surface area contributed by atoms with Crippen molar-refractivity contribution >= 4 is 5.82 Å². The minimum Gasteiger partial charge on any atom is -0.371 e. The van der Waals surface area contributed by atoms with Crippen LogP contribution in [-0.4, -0.2) is 32.4 Å². The lowest BCUT2D eigenvalue weighted by molar-refractivity contribution is 0.107. The van der Waals surface area contributed by atoms with Crippen molar-refractivity contribution in [3.05, 3.63) is 35.5 Å². The second-order valence-corrected chi connectivity index (χ2v) is 5.22.